The molecule has 27 heavy (non-hydrogen) atoms. The van der Waals surface area contributed by atoms with Crippen LogP contribution in [0.15, 0.2) is 24.3 Å². The van der Waals surface area contributed by atoms with Crippen LogP contribution in [0.5, 0.6) is 0 Å². The zero-order valence-electron chi connectivity index (χ0n) is 16.8. The van der Waals surface area contributed by atoms with Gasteiger partial charge in [-0.3, -0.25) is 4.79 Å². The third-order valence-corrected chi connectivity index (χ3v) is 4.94. The molecule has 0 radical (unpaired) electrons. The monoisotopic (exact) mass is 370 g/mol. The third-order valence-electron chi connectivity index (χ3n) is 4.94. The number of ether oxygens (including phenoxy) is 1. The highest BCUT2D eigenvalue weighted by Crippen LogP contribution is 2.23. The second kappa shape index (κ2) is 8.67. The molecule has 146 valence electrons. The van der Waals surface area contributed by atoms with Crippen LogP contribution in [-0.2, 0) is 4.74 Å². The summed E-state index contributed by atoms with van der Waals surface area (Å²) in [6, 6.07) is 7.77. The Morgan fingerprint density at radius 1 is 1.30 bits per heavy atom. The average Bonchev–Trinajstić information content (AvgIpc) is 3.27. The fourth-order valence-electron chi connectivity index (χ4n) is 3.50. The number of amides is 1. The maximum atomic E-state index is 13.2. The molecule has 1 atom stereocenters. The Bertz CT molecular complexity index is 778. The Hall–Kier alpha value is -2.18. The summed E-state index contributed by atoms with van der Waals surface area (Å²) < 4.78 is 5.77. The molecule has 1 N–H and O–H groups in total. The van der Waals surface area contributed by atoms with Crippen molar-refractivity contribution < 1.29 is 9.53 Å². The Morgan fingerprint density at radius 2 is 2.11 bits per heavy atom. The van der Waals surface area contributed by atoms with Crippen LogP contribution < -0.4 is 0 Å². The first kappa shape index (κ1) is 19.6. The maximum absolute atomic E-state index is 13.2. The molecule has 1 aliphatic rings. The number of nitrogens with one attached hydrogen (secondary N) is 1. The van der Waals surface area contributed by atoms with Crippen LogP contribution >= 0.6 is 0 Å². The highest BCUT2D eigenvalue weighted by atomic mass is 16.5. The minimum absolute atomic E-state index is 0.0547. The largest absolute Gasteiger partial charge is 0.376 e. The van der Waals surface area contributed by atoms with Gasteiger partial charge in [0.25, 0.3) is 5.91 Å². The number of rotatable bonds is 7. The Balaban J connectivity index is 1.81. The van der Waals surface area contributed by atoms with E-state index in [0.29, 0.717) is 18.7 Å². The van der Waals surface area contributed by atoms with Gasteiger partial charge in [0.1, 0.15) is 5.82 Å². The van der Waals surface area contributed by atoms with E-state index < -0.39 is 0 Å². The van der Waals surface area contributed by atoms with E-state index >= 15 is 0 Å². The highest BCUT2D eigenvalue weighted by Gasteiger charge is 2.24. The summed E-state index contributed by atoms with van der Waals surface area (Å²) in [6.07, 6.45) is 2.25. The van der Waals surface area contributed by atoms with E-state index in [1.807, 2.05) is 57.1 Å². The van der Waals surface area contributed by atoms with Crippen molar-refractivity contribution >= 4 is 5.91 Å². The molecular weight excluding hydrogens is 340 g/mol. The number of aryl methyl sites for hydroxylation is 2. The number of hydrogen-bond acceptors (Lipinski definition) is 4. The van der Waals surface area contributed by atoms with E-state index in [1.54, 1.807) is 0 Å². The van der Waals surface area contributed by atoms with E-state index in [-0.39, 0.29) is 12.0 Å². The number of hydrogen-bond donors (Lipinski definition) is 1. The van der Waals surface area contributed by atoms with E-state index in [0.717, 1.165) is 48.8 Å². The molecule has 0 aliphatic carbocycles. The molecule has 1 aromatic heterocycles. The number of nitrogens with zero attached hydrogens (tertiary/aromatic N) is 3. The summed E-state index contributed by atoms with van der Waals surface area (Å²) in [4.78, 5) is 25.1. The van der Waals surface area contributed by atoms with Gasteiger partial charge in [-0.1, -0.05) is 12.1 Å². The molecule has 1 unspecified atom stereocenters. The van der Waals surface area contributed by atoms with Gasteiger partial charge in [-0.15, -0.1) is 0 Å². The van der Waals surface area contributed by atoms with Crippen LogP contribution in [0.2, 0.25) is 0 Å². The molecule has 1 saturated heterocycles. The van der Waals surface area contributed by atoms with Crippen molar-refractivity contribution in [3.8, 4) is 11.3 Å². The molecule has 0 saturated carbocycles. The lowest BCUT2D eigenvalue weighted by molar-refractivity contribution is 0.0512. The summed E-state index contributed by atoms with van der Waals surface area (Å²) in [5.74, 6) is 0.935. The van der Waals surface area contributed by atoms with Crippen molar-refractivity contribution in [3.05, 3.63) is 41.3 Å². The standard InChI is InChI=1S/C21H30N4O2/c1-15-20(23-16(2)22-15)17-7-5-8-18(13-17)21(26)25(11-10-24(3)4)14-19-9-6-12-27-19/h5,7-8,13,19H,6,9-12,14H2,1-4H3,(H,22,23). The number of likely N-dealkylation sites (N-methyl/N-ethyl adjacent to an activating group) is 1. The smallest absolute Gasteiger partial charge is 0.254 e. The molecular formula is C21H30N4O2. The average molecular weight is 370 g/mol. The summed E-state index contributed by atoms with van der Waals surface area (Å²) in [7, 11) is 4.05. The van der Waals surface area contributed by atoms with Gasteiger partial charge < -0.3 is 19.5 Å². The van der Waals surface area contributed by atoms with Crippen LogP contribution in [0.3, 0.4) is 0 Å². The number of H-pyrrole nitrogens is 1. The SMILES string of the molecule is Cc1nc(-c2cccc(C(=O)N(CCN(C)C)CC3CCCO3)c2)c(C)[nH]1. The van der Waals surface area contributed by atoms with Gasteiger partial charge in [0, 0.05) is 43.1 Å². The lowest BCUT2D eigenvalue weighted by atomic mass is 10.1. The molecule has 1 aromatic carbocycles. The predicted octanol–water partition coefficient (Wildman–Crippen LogP) is 2.88. The van der Waals surface area contributed by atoms with Crippen LogP contribution in [0, 0.1) is 13.8 Å². The summed E-state index contributed by atoms with van der Waals surface area (Å²) in [6.45, 7) is 6.91. The van der Waals surface area contributed by atoms with E-state index in [2.05, 4.69) is 14.9 Å². The minimum Gasteiger partial charge on any atom is -0.376 e. The molecule has 0 spiro atoms. The number of aromatic nitrogens is 2. The molecule has 2 heterocycles. The number of carbonyl (C=O) groups is 1. The number of imidazole rings is 1. The van der Waals surface area contributed by atoms with Gasteiger partial charge >= 0.3 is 0 Å². The fourth-order valence-corrected chi connectivity index (χ4v) is 3.50. The lowest BCUT2D eigenvalue weighted by Crippen LogP contribution is -2.41. The van der Waals surface area contributed by atoms with E-state index in [1.165, 1.54) is 0 Å². The molecule has 6 nitrogen and oxygen atoms in total. The lowest BCUT2D eigenvalue weighted by Gasteiger charge is -2.27. The Kier molecular flexibility index (Phi) is 6.29. The van der Waals surface area contributed by atoms with Gasteiger partial charge in [-0.05, 0) is 52.9 Å². The molecule has 1 amide bonds. The number of benzene rings is 1. The Morgan fingerprint density at radius 3 is 2.74 bits per heavy atom. The summed E-state index contributed by atoms with van der Waals surface area (Å²) >= 11 is 0. The van der Waals surface area contributed by atoms with Crippen molar-refractivity contribution in [2.24, 2.45) is 0 Å². The van der Waals surface area contributed by atoms with Crippen LogP contribution in [-0.4, -0.2) is 72.1 Å². The molecule has 6 heteroatoms. The zero-order chi connectivity index (χ0) is 19.4. The minimum atomic E-state index is 0.0547. The van der Waals surface area contributed by atoms with Crippen molar-refractivity contribution in [2.45, 2.75) is 32.8 Å². The Labute approximate surface area is 161 Å². The highest BCUT2D eigenvalue weighted by molar-refractivity contribution is 5.95. The molecule has 1 aliphatic heterocycles. The van der Waals surface area contributed by atoms with Gasteiger partial charge in [-0.2, -0.15) is 0 Å². The van der Waals surface area contributed by atoms with E-state index in [9.17, 15) is 4.79 Å². The van der Waals surface area contributed by atoms with Gasteiger partial charge in [0.2, 0.25) is 0 Å². The second-order valence-corrected chi connectivity index (χ2v) is 7.57. The quantitative estimate of drug-likeness (QED) is 0.814. The summed E-state index contributed by atoms with van der Waals surface area (Å²) in [5, 5.41) is 0. The first-order chi connectivity index (χ1) is 12.9. The maximum Gasteiger partial charge on any atom is 0.254 e. The number of aromatic amines is 1. The van der Waals surface area contributed by atoms with Crippen LogP contribution in [0.4, 0.5) is 0 Å². The van der Waals surface area contributed by atoms with Crippen molar-refractivity contribution in [3.63, 3.8) is 0 Å². The third kappa shape index (κ3) is 4.96. The van der Waals surface area contributed by atoms with Gasteiger partial charge in [0.05, 0.1) is 11.8 Å². The molecule has 3 rings (SSSR count). The zero-order valence-corrected chi connectivity index (χ0v) is 16.8. The molecule has 0 bridgehead atoms. The van der Waals surface area contributed by atoms with Crippen LogP contribution in [0.1, 0.15) is 34.7 Å². The van der Waals surface area contributed by atoms with Crippen LogP contribution in [0.25, 0.3) is 11.3 Å². The number of carbonyl (C=O) groups excluding carboxylic acids is 1. The predicted molar refractivity (Wildman–Crippen MR) is 107 cm³/mol. The second-order valence-electron chi connectivity index (χ2n) is 7.57. The molecule has 1 fully saturated rings. The van der Waals surface area contributed by atoms with Crippen molar-refractivity contribution in [2.75, 3.05) is 40.3 Å². The van der Waals surface area contributed by atoms with Gasteiger partial charge in [0.15, 0.2) is 0 Å². The topological polar surface area (TPSA) is 61.5 Å². The van der Waals surface area contributed by atoms with Crippen molar-refractivity contribution in [1.82, 2.24) is 19.8 Å². The first-order valence-electron chi connectivity index (χ1n) is 9.63. The molecule has 2 aromatic rings. The van der Waals surface area contributed by atoms with Gasteiger partial charge in [-0.25, -0.2) is 4.98 Å². The fraction of sp³-hybridized carbons (Fsp3) is 0.524. The van der Waals surface area contributed by atoms with Crippen molar-refractivity contribution in [1.29, 1.82) is 0 Å². The van der Waals surface area contributed by atoms with E-state index in [4.69, 9.17) is 4.74 Å². The first-order valence-corrected chi connectivity index (χ1v) is 9.63. The summed E-state index contributed by atoms with van der Waals surface area (Å²) in [5.41, 5.74) is 3.58. The normalized spacial score (nSPS) is 16.9.